The van der Waals surface area contributed by atoms with Crippen LogP contribution in [0.5, 0.6) is 0 Å². The first-order valence-electron chi connectivity index (χ1n) is 7.35. The number of benzene rings is 4. The van der Waals surface area contributed by atoms with Crippen LogP contribution in [-0.4, -0.2) is 0 Å². The van der Waals surface area contributed by atoms with Crippen molar-refractivity contribution < 1.29 is 0 Å². The highest BCUT2D eigenvalue weighted by molar-refractivity contribution is 6.36. The van der Waals surface area contributed by atoms with Gasteiger partial charge in [0.2, 0.25) is 0 Å². The Morgan fingerprint density at radius 2 is 0.870 bits per heavy atom. The first kappa shape index (κ1) is 14.6. The minimum Gasteiger partial charge on any atom is -0.0837 e. The van der Waals surface area contributed by atoms with E-state index in [4.69, 9.17) is 23.2 Å². The monoisotopic (exact) mass is 334 g/mol. The van der Waals surface area contributed by atoms with Gasteiger partial charge in [-0.3, -0.25) is 0 Å². The molecule has 0 unspecified atom stereocenters. The molecule has 2 radical (unpaired) electrons. The third kappa shape index (κ3) is 2.59. The van der Waals surface area contributed by atoms with E-state index in [0.717, 1.165) is 42.7 Å². The predicted octanol–water partition coefficient (Wildman–Crippen LogP) is 6.78. The summed E-state index contributed by atoms with van der Waals surface area (Å²) >= 11 is 12.6. The van der Waals surface area contributed by atoms with E-state index in [1.54, 1.807) is 0 Å². The summed E-state index contributed by atoms with van der Waals surface area (Å²) in [5.41, 5.74) is 2.05. The summed E-state index contributed by atoms with van der Waals surface area (Å²) in [4.78, 5) is 0. The third-order valence-electron chi connectivity index (χ3n) is 4.01. The van der Waals surface area contributed by atoms with Crippen LogP contribution in [0.1, 0.15) is 11.1 Å². The predicted molar refractivity (Wildman–Crippen MR) is 99.4 cm³/mol. The van der Waals surface area contributed by atoms with E-state index in [1.165, 1.54) is 0 Å². The molecule has 4 rings (SSSR count). The molecule has 4 aromatic carbocycles. The molecule has 110 valence electrons. The summed E-state index contributed by atoms with van der Waals surface area (Å²) in [7, 11) is 0. The topological polar surface area (TPSA) is 0 Å². The summed E-state index contributed by atoms with van der Waals surface area (Å²) in [6.45, 7) is 0. The van der Waals surface area contributed by atoms with Crippen molar-refractivity contribution in [2.75, 3.05) is 0 Å². The van der Waals surface area contributed by atoms with Crippen molar-refractivity contribution in [2.24, 2.45) is 0 Å². The molecule has 0 fully saturated rings. The zero-order valence-corrected chi connectivity index (χ0v) is 13.7. The van der Waals surface area contributed by atoms with Crippen molar-refractivity contribution in [1.82, 2.24) is 0 Å². The molecular weight excluding hydrogens is 323 g/mol. The molecule has 0 nitrogen and oxygen atoms in total. The van der Waals surface area contributed by atoms with Gasteiger partial charge in [0.25, 0.3) is 0 Å². The highest BCUT2D eigenvalue weighted by Gasteiger charge is 2.09. The van der Waals surface area contributed by atoms with Crippen LogP contribution in [-0.2, 0) is 0 Å². The largest absolute Gasteiger partial charge is 0.0837 e. The van der Waals surface area contributed by atoms with Gasteiger partial charge in [0, 0.05) is 20.8 Å². The van der Waals surface area contributed by atoms with Crippen LogP contribution in [0.2, 0.25) is 10.0 Å². The molecule has 0 aromatic heterocycles. The summed E-state index contributed by atoms with van der Waals surface area (Å²) in [5.74, 6) is 0. The van der Waals surface area contributed by atoms with Gasteiger partial charge in [-0.05, 0) is 34.0 Å². The van der Waals surface area contributed by atoms with E-state index in [2.05, 4.69) is 30.7 Å². The Morgan fingerprint density at radius 3 is 1.35 bits per heavy atom. The van der Waals surface area contributed by atoms with Gasteiger partial charge in [0.15, 0.2) is 0 Å². The van der Waals surface area contributed by atoms with Crippen LogP contribution in [0.15, 0.2) is 72.8 Å². The van der Waals surface area contributed by atoms with Gasteiger partial charge in [0.05, 0.1) is 6.42 Å². The van der Waals surface area contributed by atoms with Gasteiger partial charge < -0.3 is 0 Å². The molecule has 0 atom stereocenters. The third-order valence-corrected chi connectivity index (χ3v) is 4.67. The second-order valence-electron chi connectivity index (χ2n) is 5.41. The molecule has 0 aliphatic rings. The average molecular weight is 335 g/mol. The second-order valence-corrected chi connectivity index (χ2v) is 6.22. The second kappa shape index (κ2) is 5.88. The molecule has 0 aliphatic heterocycles. The van der Waals surface area contributed by atoms with Gasteiger partial charge in [0.1, 0.15) is 0 Å². The number of fused-ring (bicyclic) bond motifs is 2. The number of hydrogen-bond donors (Lipinski definition) is 0. The van der Waals surface area contributed by atoms with E-state index in [9.17, 15) is 0 Å². The van der Waals surface area contributed by atoms with Crippen LogP contribution >= 0.6 is 23.2 Å². The normalized spacial score (nSPS) is 11.2. The molecule has 0 heterocycles. The molecule has 0 aliphatic carbocycles. The van der Waals surface area contributed by atoms with Crippen molar-refractivity contribution in [2.45, 2.75) is 0 Å². The Morgan fingerprint density at radius 1 is 0.478 bits per heavy atom. The zero-order chi connectivity index (χ0) is 15.8. The van der Waals surface area contributed by atoms with Crippen molar-refractivity contribution in [1.29, 1.82) is 0 Å². The Hall–Kier alpha value is -2.02. The van der Waals surface area contributed by atoms with E-state index in [1.807, 2.05) is 48.5 Å². The Kier molecular flexibility index (Phi) is 3.72. The lowest BCUT2D eigenvalue weighted by atomic mass is 9.95. The van der Waals surface area contributed by atoms with Gasteiger partial charge in [-0.25, -0.2) is 0 Å². The van der Waals surface area contributed by atoms with E-state index in [0.29, 0.717) is 0 Å². The molecule has 0 spiro atoms. The number of halogens is 2. The first-order chi connectivity index (χ1) is 11.2. The van der Waals surface area contributed by atoms with Crippen LogP contribution in [0.3, 0.4) is 0 Å². The Labute approximate surface area is 145 Å². The lowest BCUT2D eigenvalue weighted by Gasteiger charge is -2.10. The van der Waals surface area contributed by atoms with Crippen molar-refractivity contribution >= 4 is 44.7 Å². The molecule has 23 heavy (non-hydrogen) atoms. The van der Waals surface area contributed by atoms with E-state index < -0.39 is 0 Å². The zero-order valence-electron chi connectivity index (χ0n) is 12.2. The molecule has 0 saturated carbocycles. The van der Waals surface area contributed by atoms with E-state index >= 15 is 0 Å². The van der Waals surface area contributed by atoms with Crippen molar-refractivity contribution in [3.63, 3.8) is 0 Å². The van der Waals surface area contributed by atoms with Crippen LogP contribution in [0, 0.1) is 6.42 Å². The fourth-order valence-electron chi connectivity index (χ4n) is 2.91. The number of rotatable bonds is 2. The molecule has 0 saturated heterocycles. The average Bonchev–Trinajstić information content (AvgIpc) is 2.57. The SMILES string of the molecule is Clc1cccc2c([C]c3cccc4c(Cl)cccc34)cccc12. The fourth-order valence-corrected chi connectivity index (χ4v) is 3.38. The van der Waals surface area contributed by atoms with Gasteiger partial charge in [-0.15, -0.1) is 0 Å². The van der Waals surface area contributed by atoms with Crippen molar-refractivity contribution in [3.05, 3.63) is 100 Å². The quantitative estimate of drug-likeness (QED) is 0.379. The maximum atomic E-state index is 6.30. The minimum atomic E-state index is 0.757. The highest BCUT2D eigenvalue weighted by atomic mass is 35.5. The highest BCUT2D eigenvalue weighted by Crippen LogP contribution is 2.31. The summed E-state index contributed by atoms with van der Waals surface area (Å²) in [6, 6.07) is 24.1. The maximum Gasteiger partial charge on any atom is 0.0514 e. The molecule has 0 bridgehead atoms. The fraction of sp³-hybridized carbons (Fsp3) is 0. The molecule has 0 amide bonds. The van der Waals surface area contributed by atoms with E-state index in [-0.39, 0.29) is 0 Å². The maximum absolute atomic E-state index is 6.30. The van der Waals surface area contributed by atoms with Gasteiger partial charge in [-0.2, -0.15) is 0 Å². The minimum absolute atomic E-state index is 0.757. The Bertz CT molecular complexity index is 935. The summed E-state index contributed by atoms with van der Waals surface area (Å²) in [5, 5.41) is 5.78. The molecular formula is C21H12Cl2. The van der Waals surface area contributed by atoms with Crippen LogP contribution < -0.4 is 0 Å². The smallest absolute Gasteiger partial charge is 0.0514 e. The van der Waals surface area contributed by atoms with Crippen molar-refractivity contribution in [3.8, 4) is 0 Å². The molecule has 0 N–H and O–H groups in total. The van der Waals surface area contributed by atoms with Crippen LogP contribution in [0.25, 0.3) is 21.5 Å². The lowest BCUT2D eigenvalue weighted by molar-refractivity contribution is 1.50. The molecule has 4 aromatic rings. The lowest BCUT2D eigenvalue weighted by Crippen LogP contribution is -1.89. The number of hydrogen-bond acceptors (Lipinski definition) is 0. The summed E-state index contributed by atoms with van der Waals surface area (Å²) < 4.78 is 0. The standard InChI is InChI=1S/C21H12Cl2/c22-20-11-3-7-16-14(5-1-9-18(16)20)13-15-6-2-10-19-17(15)8-4-12-21(19)23/h1-12H. The van der Waals surface area contributed by atoms with Crippen LogP contribution in [0.4, 0.5) is 0 Å². The molecule has 2 heteroatoms. The van der Waals surface area contributed by atoms with Gasteiger partial charge in [-0.1, -0.05) is 83.9 Å². The summed E-state index contributed by atoms with van der Waals surface area (Å²) in [6.07, 6.45) is 3.53. The first-order valence-corrected chi connectivity index (χ1v) is 8.11. The Balaban J connectivity index is 1.89. The van der Waals surface area contributed by atoms with Gasteiger partial charge >= 0.3 is 0 Å².